The van der Waals surface area contributed by atoms with Gasteiger partial charge in [0.05, 0.1) is 12.7 Å². The molecule has 0 amide bonds. The van der Waals surface area contributed by atoms with Crippen molar-refractivity contribution in [3.8, 4) is 0 Å². The lowest BCUT2D eigenvalue weighted by molar-refractivity contribution is 0.0798. The summed E-state index contributed by atoms with van der Waals surface area (Å²) in [6, 6.07) is 0. The number of aliphatic hydroxyl groups excluding tert-OH is 2. The van der Waals surface area contributed by atoms with E-state index in [0.29, 0.717) is 6.42 Å². The van der Waals surface area contributed by atoms with Crippen LogP contribution in [0.2, 0.25) is 0 Å². The third-order valence-electron chi connectivity index (χ3n) is 2.19. The molecule has 1 rings (SSSR count). The second kappa shape index (κ2) is 4.70. The summed E-state index contributed by atoms with van der Waals surface area (Å²) in [6.07, 6.45) is 2.76. The van der Waals surface area contributed by atoms with Gasteiger partial charge in [0.15, 0.2) is 0 Å². The van der Waals surface area contributed by atoms with Crippen LogP contribution in [0.15, 0.2) is 0 Å². The first-order valence-corrected chi connectivity index (χ1v) is 4.34. The number of rotatable bonds is 4. The Labute approximate surface area is 67.6 Å². The normalized spacial score (nSPS) is 22.4. The van der Waals surface area contributed by atoms with Gasteiger partial charge in [-0.3, -0.25) is 0 Å². The van der Waals surface area contributed by atoms with Gasteiger partial charge in [-0.2, -0.15) is 0 Å². The molecule has 0 saturated carbocycles. The fourth-order valence-corrected chi connectivity index (χ4v) is 1.43. The Balaban J connectivity index is 2.01. The molecule has 0 spiro atoms. The SMILES string of the molecule is OCC(O)CCN1CCCC1. The summed E-state index contributed by atoms with van der Waals surface area (Å²) in [6.45, 7) is 3.16. The van der Waals surface area contributed by atoms with E-state index in [9.17, 15) is 0 Å². The van der Waals surface area contributed by atoms with Gasteiger partial charge in [-0.05, 0) is 32.4 Å². The van der Waals surface area contributed by atoms with Crippen LogP contribution in [0.4, 0.5) is 0 Å². The van der Waals surface area contributed by atoms with Gasteiger partial charge in [0, 0.05) is 6.54 Å². The highest BCUT2D eigenvalue weighted by Crippen LogP contribution is 2.07. The van der Waals surface area contributed by atoms with Crippen LogP contribution in [0.3, 0.4) is 0 Å². The summed E-state index contributed by atoms with van der Waals surface area (Å²) in [5.74, 6) is 0. The van der Waals surface area contributed by atoms with Gasteiger partial charge >= 0.3 is 0 Å². The first-order valence-electron chi connectivity index (χ1n) is 4.34. The molecule has 1 fully saturated rings. The fourth-order valence-electron chi connectivity index (χ4n) is 1.43. The summed E-state index contributed by atoms with van der Waals surface area (Å²) >= 11 is 0. The zero-order valence-electron chi connectivity index (χ0n) is 6.87. The van der Waals surface area contributed by atoms with Crippen molar-refractivity contribution < 1.29 is 10.2 Å². The highest BCUT2D eigenvalue weighted by molar-refractivity contribution is 4.67. The minimum absolute atomic E-state index is 0.103. The average molecular weight is 159 g/mol. The van der Waals surface area contributed by atoms with Gasteiger partial charge in [0.1, 0.15) is 0 Å². The first kappa shape index (κ1) is 8.97. The highest BCUT2D eigenvalue weighted by Gasteiger charge is 2.12. The number of hydrogen-bond donors (Lipinski definition) is 2. The minimum Gasteiger partial charge on any atom is -0.394 e. The molecule has 1 saturated heterocycles. The van der Waals surface area contributed by atoms with Crippen molar-refractivity contribution in [2.75, 3.05) is 26.2 Å². The minimum atomic E-state index is -0.518. The lowest BCUT2D eigenvalue weighted by atomic mass is 10.2. The van der Waals surface area contributed by atoms with Crippen molar-refractivity contribution >= 4 is 0 Å². The average Bonchev–Trinajstić information content (AvgIpc) is 2.52. The summed E-state index contributed by atoms with van der Waals surface area (Å²) < 4.78 is 0. The molecule has 2 N–H and O–H groups in total. The maximum atomic E-state index is 9.04. The van der Waals surface area contributed by atoms with Crippen LogP contribution < -0.4 is 0 Å². The molecule has 0 aromatic rings. The maximum Gasteiger partial charge on any atom is 0.0783 e. The molecular weight excluding hydrogens is 142 g/mol. The van der Waals surface area contributed by atoms with E-state index < -0.39 is 6.10 Å². The van der Waals surface area contributed by atoms with Gasteiger partial charge in [0.2, 0.25) is 0 Å². The van der Waals surface area contributed by atoms with Crippen LogP contribution in [0, 0.1) is 0 Å². The van der Waals surface area contributed by atoms with Crippen LogP contribution >= 0.6 is 0 Å². The number of aliphatic hydroxyl groups is 2. The van der Waals surface area contributed by atoms with Gasteiger partial charge in [-0.15, -0.1) is 0 Å². The summed E-state index contributed by atoms with van der Waals surface area (Å²) in [7, 11) is 0. The predicted octanol–water partition coefficient (Wildman–Crippen LogP) is -0.175. The molecule has 0 radical (unpaired) electrons. The van der Waals surface area contributed by atoms with Gasteiger partial charge in [0.25, 0.3) is 0 Å². The second-order valence-electron chi connectivity index (χ2n) is 3.17. The Hall–Kier alpha value is -0.120. The number of hydrogen-bond acceptors (Lipinski definition) is 3. The lowest BCUT2D eigenvalue weighted by Gasteiger charge is -2.15. The van der Waals surface area contributed by atoms with E-state index in [1.165, 1.54) is 12.8 Å². The number of likely N-dealkylation sites (tertiary alicyclic amines) is 1. The number of nitrogens with zero attached hydrogens (tertiary/aromatic N) is 1. The molecule has 1 heterocycles. The smallest absolute Gasteiger partial charge is 0.0783 e. The van der Waals surface area contributed by atoms with Crippen molar-refractivity contribution in [3.05, 3.63) is 0 Å². The zero-order chi connectivity index (χ0) is 8.10. The Morgan fingerprint density at radius 2 is 1.91 bits per heavy atom. The summed E-state index contributed by atoms with van der Waals surface area (Å²) in [5.41, 5.74) is 0. The van der Waals surface area contributed by atoms with Crippen LogP contribution in [0.1, 0.15) is 19.3 Å². The first-order chi connectivity index (χ1) is 5.33. The van der Waals surface area contributed by atoms with E-state index in [2.05, 4.69) is 4.90 Å². The summed E-state index contributed by atoms with van der Waals surface area (Å²) in [5, 5.41) is 17.6. The maximum absolute atomic E-state index is 9.04. The van der Waals surface area contributed by atoms with Gasteiger partial charge in [-0.25, -0.2) is 0 Å². The molecule has 3 heteroatoms. The van der Waals surface area contributed by atoms with Crippen LogP contribution in [-0.4, -0.2) is 47.5 Å². The van der Waals surface area contributed by atoms with Crippen LogP contribution in [-0.2, 0) is 0 Å². The van der Waals surface area contributed by atoms with Gasteiger partial charge in [-0.1, -0.05) is 0 Å². The van der Waals surface area contributed by atoms with Crippen molar-refractivity contribution in [1.82, 2.24) is 4.90 Å². The Morgan fingerprint density at radius 3 is 2.45 bits per heavy atom. The zero-order valence-corrected chi connectivity index (χ0v) is 6.87. The molecule has 3 nitrogen and oxygen atoms in total. The van der Waals surface area contributed by atoms with E-state index in [4.69, 9.17) is 10.2 Å². The molecule has 1 aliphatic heterocycles. The molecule has 0 aromatic carbocycles. The van der Waals surface area contributed by atoms with E-state index in [1.807, 2.05) is 0 Å². The molecule has 1 aliphatic rings. The van der Waals surface area contributed by atoms with Crippen molar-refractivity contribution in [1.29, 1.82) is 0 Å². The quantitative estimate of drug-likeness (QED) is 0.598. The molecule has 0 aliphatic carbocycles. The molecule has 0 aromatic heterocycles. The van der Waals surface area contributed by atoms with Crippen LogP contribution in [0.5, 0.6) is 0 Å². The summed E-state index contributed by atoms with van der Waals surface area (Å²) in [4.78, 5) is 2.33. The van der Waals surface area contributed by atoms with Crippen molar-refractivity contribution in [2.24, 2.45) is 0 Å². The van der Waals surface area contributed by atoms with E-state index in [0.717, 1.165) is 19.6 Å². The van der Waals surface area contributed by atoms with Crippen molar-refractivity contribution in [3.63, 3.8) is 0 Å². The van der Waals surface area contributed by atoms with E-state index in [1.54, 1.807) is 0 Å². The lowest BCUT2D eigenvalue weighted by Crippen LogP contribution is -2.25. The topological polar surface area (TPSA) is 43.7 Å². The Bertz CT molecular complexity index is 102. The van der Waals surface area contributed by atoms with Crippen molar-refractivity contribution in [2.45, 2.75) is 25.4 Å². The second-order valence-corrected chi connectivity index (χ2v) is 3.17. The third-order valence-corrected chi connectivity index (χ3v) is 2.19. The predicted molar refractivity (Wildman–Crippen MR) is 43.4 cm³/mol. The Kier molecular flexibility index (Phi) is 3.83. The molecule has 1 atom stereocenters. The molecule has 1 unspecified atom stereocenters. The fraction of sp³-hybridized carbons (Fsp3) is 1.00. The monoisotopic (exact) mass is 159 g/mol. The molecular formula is C8H17NO2. The molecule has 0 bridgehead atoms. The van der Waals surface area contributed by atoms with E-state index >= 15 is 0 Å². The largest absolute Gasteiger partial charge is 0.394 e. The third kappa shape index (κ3) is 3.18. The Morgan fingerprint density at radius 1 is 1.27 bits per heavy atom. The van der Waals surface area contributed by atoms with Crippen LogP contribution in [0.25, 0.3) is 0 Å². The standard InChI is InChI=1S/C8H17NO2/c10-7-8(11)3-6-9-4-1-2-5-9/h8,10-11H,1-7H2. The molecule has 66 valence electrons. The molecule has 11 heavy (non-hydrogen) atoms. The highest BCUT2D eigenvalue weighted by atomic mass is 16.3. The van der Waals surface area contributed by atoms with E-state index in [-0.39, 0.29) is 6.61 Å². The van der Waals surface area contributed by atoms with Gasteiger partial charge < -0.3 is 15.1 Å².